The van der Waals surface area contributed by atoms with E-state index in [0.29, 0.717) is 6.42 Å². The molecule has 0 aliphatic rings. The molecule has 4 heteroatoms. The second kappa shape index (κ2) is 9.40. The number of hydrogen-bond acceptors (Lipinski definition) is 3. The molecule has 0 aliphatic carbocycles. The fourth-order valence-corrected chi connectivity index (χ4v) is 2.50. The fraction of sp³-hybridized carbons (Fsp3) is 0.812. The lowest BCUT2D eigenvalue weighted by molar-refractivity contribution is 0.257. The SMILES string of the molecule is COC(=C=CCCO)CCCCO[Si](C)(C)C(C)(C)C. The predicted molar refractivity (Wildman–Crippen MR) is 87.3 cm³/mol. The third-order valence-electron chi connectivity index (χ3n) is 3.85. The van der Waals surface area contributed by atoms with Gasteiger partial charge < -0.3 is 14.3 Å². The minimum atomic E-state index is -1.60. The molecular weight excluding hydrogens is 268 g/mol. The molecule has 0 unspecified atom stereocenters. The molecule has 3 nitrogen and oxygen atoms in total. The van der Waals surface area contributed by atoms with E-state index in [9.17, 15) is 0 Å². The van der Waals surface area contributed by atoms with Crippen LogP contribution in [0.2, 0.25) is 18.1 Å². The largest absolute Gasteiger partial charge is 0.493 e. The molecule has 1 N–H and O–H groups in total. The average Bonchev–Trinajstić information content (AvgIpc) is 2.35. The molecule has 0 atom stereocenters. The molecule has 0 saturated carbocycles. The van der Waals surface area contributed by atoms with E-state index in [2.05, 4.69) is 39.6 Å². The van der Waals surface area contributed by atoms with Crippen molar-refractivity contribution < 1.29 is 14.3 Å². The highest BCUT2D eigenvalue weighted by molar-refractivity contribution is 6.74. The van der Waals surface area contributed by atoms with E-state index in [1.165, 1.54) is 0 Å². The van der Waals surface area contributed by atoms with Crippen molar-refractivity contribution in [1.82, 2.24) is 0 Å². The van der Waals surface area contributed by atoms with Crippen LogP contribution in [-0.2, 0) is 9.16 Å². The van der Waals surface area contributed by atoms with Crippen LogP contribution in [0.25, 0.3) is 0 Å². The minimum absolute atomic E-state index is 0.157. The van der Waals surface area contributed by atoms with Crippen LogP contribution >= 0.6 is 0 Å². The van der Waals surface area contributed by atoms with Crippen molar-refractivity contribution in [2.75, 3.05) is 20.3 Å². The first-order chi connectivity index (χ1) is 9.24. The van der Waals surface area contributed by atoms with Crippen molar-refractivity contribution in [1.29, 1.82) is 0 Å². The van der Waals surface area contributed by atoms with Gasteiger partial charge in [0.25, 0.3) is 0 Å². The number of hydrogen-bond donors (Lipinski definition) is 1. The molecular formula is C16H32O3Si. The number of methoxy groups -OCH3 is 1. The summed E-state index contributed by atoms with van der Waals surface area (Å²) in [6.45, 7) is 12.3. The smallest absolute Gasteiger partial charge is 0.191 e. The van der Waals surface area contributed by atoms with Gasteiger partial charge in [-0.2, -0.15) is 0 Å². The molecule has 0 aromatic heterocycles. The van der Waals surface area contributed by atoms with Gasteiger partial charge in [0.05, 0.1) is 7.11 Å². The second-order valence-electron chi connectivity index (χ2n) is 6.55. The molecule has 0 aliphatic heterocycles. The lowest BCUT2D eigenvalue weighted by Crippen LogP contribution is -2.40. The Kier molecular flexibility index (Phi) is 9.15. The van der Waals surface area contributed by atoms with E-state index in [1.54, 1.807) is 7.11 Å². The molecule has 0 radical (unpaired) electrons. The number of aliphatic hydroxyl groups is 1. The summed E-state index contributed by atoms with van der Waals surface area (Å²) in [7, 11) is 0.0640. The van der Waals surface area contributed by atoms with Gasteiger partial charge in [-0.1, -0.05) is 26.5 Å². The second-order valence-corrected chi connectivity index (χ2v) is 11.4. The van der Waals surface area contributed by atoms with Crippen molar-refractivity contribution in [3.8, 4) is 0 Å². The lowest BCUT2D eigenvalue weighted by atomic mass is 10.2. The highest BCUT2D eigenvalue weighted by Crippen LogP contribution is 2.36. The van der Waals surface area contributed by atoms with Crippen molar-refractivity contribution >= 4 is 8.32 Å². The Hall–Kier alpha value is -0.543. The molecule has 0 bridgehead atoms. The van der Waals surface area contributed by atoms with Crippen LogP contribution in [0.5, 0.6) is 0 Å². The first kappa shape index (κ1) is 19.5. The third kappa shape index (κ3) is 7.90. The van der Waals surface area contributed by atoms with Crippen LogP contribution in [0.1, 0.15) is 46.5 Å². The topological polar surface area (TPSA) is 38.7 Å². The normalized spacial score (nSPS) is 11.9. The Morgan fingerprint density at radius 1 is 1.25 bits per heavy atom. The summed E-state index contributed by atoms with van der Waals surface area (Å²) in [4.78, 5) is 0. The standard InChI is InChI=1S/C16H32O3Si/c1-16(2,3)20(5,6)19-14-10-8-12-15(18-4)11-7-9-13-17/h7,17H,8-10,12-14H2,1-6H3. The van der Waals surface area contributed by atoms with E-state index in [1.807, 2.05) is 6.08 Å². The van der Waals surface area contributed by atoms with Gasteiger partial charge in [-0.05, 0) is 43.5 Å². The van der Waals surface area contributed by atoms with E-state index in [-0.39, 0.29) is 11.6 Å². The van der Waals surface area contributed by atoms with Gasteiger partial charge >= 0.3 is 0 Å². The zero-order chi connectivity index (χ0) is 15.6. The Bertz CT molecular complexity index is 323. The van der Waals surface area contributed by atoms with Crippen molar-refractivity contribution in [3.05, 3.63) is 17.6 Å². The van der Waals surface area contributed by atoms with Crippen LogP contribution in [-0.4, -0.2) is 33.7 Å². The Morgan fingerprint density at radius 3 is 2.40 bits per heavy atom. The van der Waals surface area contributed by atoms with Gasteiger partial charge in [-0.15, -0.1) is 0 Å². The van der Waals surface area contributed by atoms with E-state index in [4.69, 9.17) is 14.3 Å². The Labute approximate surface area is 125 Å². The van der Waals surface area contributed by atoms with Crippen LogP contribution in [0.4, 0.5) is 0 Å². The molecule has 0 amide bonds. The molecule has 0 heterocycles. The first-order valence-electron chi connectivity index (χ1n) is 7.47. The van der Waals surface area contributed by atoms with E-state index >= 15 is 0 Å². The molecule has 0 spiro atoms. The average molecular weight is 301 g/mol. The molecule has 0 aromatic rings. The molecule has 20 heavy (non-hydrogen) atoms. The molecule has 0 saturated heterocycles. The molecule has 0 aromatic carbocycles. The highest BCUT2D eigenvalue weighted by Gasteiger charge is 2.36. The van der Waals surface area contributed by atoms with Crippen LogP contribution in [0.15, 0.2) is 17.6 Å². The fourth-order valence-electron chi connectivity index (χ4n) is 1.42. The summed E-state index contributed by atoms with van der Waals surface area (Å²) >= 11 is 0. The van der Waals surface area contributed by atoms with Gasteiger partial charge in [0.15, 0.2) is 8.32 Å². The summed E-state index contributed by atoms with van der Waals surface area (Å²) in [6.07, 6.45) is 5.41. The van der Waals surface area contributed by atoms with Crippen molar-refractivity contribution in [2.45, 2.75) is 64.6 Å². The van der Waals surface area contributed by atoms with Gasteiger partial charge in [0.1, 0.15) is 5.76 Å². The Balaban J connectivity index is 4.00. The summed E-state index contributed by atoms with van der Waals surface area (Å²) in [5.41, 5.74) is 3.08. The lowest BCUT2D eigenvalue weighted by Gasteiger charge is -2.36. The van der Waals surface area contributed by atoms with Gasteiger partial charge in [-0.3, -0.25) is 0 Å². The summed E-state index contributed by atoms with van der Waals surface area (Å²) in [5, 5.41) is 8.98. The van der Waals surface area contributed by atoms with Crippen molar-refractivity contribution in [2.24, 2.45) is 0 Å². The zero-order valence-corrected chi connectivity index (χ0v) is 15.1. The summed E-state index contributed by atoms with van der Waals surface area (Å²) in [6, 6.07) is 0. The number of unbranched alkanes of at least 4 members (excludes halogenated alkanes) is 1. The first-order valence-corrected chi connectivity index (χ1v) is 10.4. The maximum Gasteiger partial charge on any atom is 0.191 e. The maximum atomic E-state index is 8.71. The molecule has 0 fully saturated rings. The molecule has 0 rings (SSSR count). The van der Waals surface area contributed by atoms with Crippen LogP contribution in [0.3, 0.4) is 0 Å². The van der Waals surface area contributed by atoms with Gasteiger partial charge in [0, 0.05) is 19.6 Å². The van der Waals surface area contributed by atoms with E-state index in [0.717, 1.165) is 31.6 Å². The quantitative estimate of drug-likeness (QED) is 0.299. The van der Waals surface area contributed by atoms with Gasteiger partial charge in [-0.25, -0.2) is 0 Å². The van der Waals surface area contributed by atoms with Crippen LogP contribution in [0, 0.1) is 0 Å². The van der Waals surface area contributed by atoms with E-state index < -0.39 is 8.32 Å². The predicted octanol–water partition coefficient (Wildman–Crippen LogP) is 4.25. The van der Waals surface area contributed by atoms with Crippen molar-refractivity contribution in [3.63, 3.8) is 0 Å². The minimum Gasteiger partial charge on any atom is -0.493 e. The maximum absolute atomic E-state index is 8.71. The third-order valence-corrected chi connectivity index (χ3v) is 8.39. The molecule has 118 valence electrons. The monoisotopic (exact) mass is 300 g/mol. The van der Waals surface area contributed by atoms with Crippen LogP contribution < -0.4 is 0 Å². The number of ether oxygens (including phenoxy) is 1. The number of rotatable bonds is 9. The highest BCUT2D eigenvalue weighted by atomic mass is 28.4. The summed E-state index contributed by atoms with van der Waals surface area (Å²) in [5.74, 6) is 0.853. The van der Waals surface area contributed by atoms with Gasteiger partial charge in [0.2, 0.25) is 0 Å². The zero-order valence-electron chi connectivity index (χ0n) is 14.1. The summed E-state index contributed by atoms with van der Waals surface area (Å²) < 4.78 is 11.4. The number of aliphatic hydroxyl groups excluding tert-OH is 1. The Morgan fingerprint density at radius 2 is 1.90 bits per heavy atom.